The first-order chi connectivity index (χ1) is 6.78. The van der Waals surface area contributed by atoms with Crippen molar-refractivity contribution in [1.29, 1.82) is 0 Å². The van der Waals surface area contributed by atoms with E-state index in [0.29, 0.717) is 0 Å². The SMILES string of the molecule is C#CC.COc1cccc(CNS)c1. The Labute approximate surface area is 91.2 Å². The van der Waals surface area contributed by atoms with Crippen LogP contribution < -0.4 is 9.46 Å². The summed E-state index contributed by atoms with van der Waals surface area (Å²) in [4.78, 5) is 0. The van der Waals surface area contributed by atoms with Crippen molar-refractivity contribution >= 4 is 12.8 Å². The summed E-state index contributed by atoms with van der Waals surface area (Å²) < 4.78 is 7.82. The lowest BCUT2D eigenvalue weighted by atomic mass is 10.2. The fourth-order valence-electron chi connectivity index (χ4n) is 0.874. The van der Waals surface area contributed by atoms with Crippen LogP contribution in [-0.4, -0.2) is 7.11 Å². The monoisotopic (exact) mass is 209 g/mol. The molecule has 1 N–H and O–H groups in total. The lowest BCUT2D eigenvalue weighted by Crippen LogP contribution is -1.98. The fraction of sp³-hybridized carbons (Fsp3) is 0.273. The molecule has 0 atom stereocenters. The Morgan fingerprint density at radius 1 is 1.57 bits per heavy atom. The molecule has 0 heterocycles. The molecule has 1 aromatic rings. The molecule has 76 valence electrons. The average Bonchev–Trinajstić information content (AvgIpc) is 2.20. The number of thiol groups is 1. The van der Waals surface area contributed by atoms with Gasteiger partial charge in [0.2, 0.25) is 0 Å². The maximum Gasteiger partial charge on any atom is 0.119 e. The third kappa shape index (κ3) is 5.52. The van der Waals surface area contributed by atoms with Crippen LogP contribution in [0, 0.1) is 12.3 Å². The van der Waals surface area contributed by atoms with E-state index in [1.807, 2.05) is 24.3 Å². The summed E-state index contributed by atoms with van der Waals surface area (Å²) in [6, 6.07) is 7.87. The second-order valence-corrected chi connectivity index (χ2v) is 2.79. The minimum atomic E-state index is 0.750. The van der Waals surface area contributed by atoms with Crippen molar-refractivity contribution in [3.05, 3.63) is 29.8 Å². The molecule has 0 aliphatic rings. The Hall–Kier alpha value is -1.11. The number of ether oxygens (including phenoxy) is 1. The molecule has 0 saturated heterocycles. The zero-order valence-corrected chi connectivity index (χ0v) is 9.34. The molecular formula is C11H15NOS. The van der Waals surface area contributed by atoms with Crippen LogP contribution >= 0.6 is 12.8 Å². The molecule has 0 saturated carbocycles. The van der Waals surface area contributed by atoms with E-state index >= 15 is 0 Å². The van der Waals surface area contributed by atoms with Crippen molar-refractivity contribution in [2.24, 2.45) is 0 Å². The summed E-state index contributed by atoms with van der Waals surface area (Å²) in [5, 5.41) is 0. The molecule has 0 amide bonds. The van der Waals surface area contributed by atoms with Crippen LogP contribution in [0.3, 0.4) is 0 Å². The Morgan fingerprint density at radius 2 is 2.21 bits per heavy atom. The van der Waals surface area contributed by atoms with Crippen molar-refractivity contribution in [1.82, 2.24) is 4.72 Å². The van der Waals surface area contributed by atoms with Crippen LogP contribution in [0.25, 0.3) is 0 Å². The van der Waals surface area contributed by atoms with Gasteiger partial charge >= 0.3 is 0 Å². The normalized spacial score (nSPS) is 8.14. The Bertz CT molecular complexity index is 294. The zero-order valence-electron chi connectivity index (χ0n) is 8.45. The summed E-state index contributed by atoms with van der Waals surface area (Å²) in [5.41, 5.74) is 1.17. The van der Waals surface area contributed by atoms with E-state index in [4.69, 9.17) is 4.74 Å². The molecule has 2 nitrogen and oxygen atoms in total. The van der Waals surface area contributed by atoms with Crippen LogP contribution in [0.1, 0.15) is 12.5 Å². The topological polar surface area (TPSA) is 21.3 Å². The maximum absolute atomic E-state index is 5.05. The smallest absolute Gasteiger partial charge is 0.119 e. The molecule has 0 unspecified atom stereocenters. The van der Waals surface area contributed by atoms with Gasteiger partial charge < -0.3 is 4.74 Å². The third-order valence-electron chi connectivity index (χ3n) is 1.42. The summed E-state index contributed by atoms with van der Waals surface area (Å²) in [5.74, 6) is 3.13. The van der Waals surface area contributed by atoms with E-state index in [-0.39, 0.29) is 0 Å². The zero-order chi connectivity index (χ0) is 10.8. The van der Waals surface area contributed by atoms with Gasteiger partial charge in [-0.1, -0.05) is 24.9 Å². The van der Waals surface area contributed by atoms with Crippen molar-refractivity contribution < 1.29 is 4.74 Å². The van der Waals surface area contributed by atoms with Crippen LogP contribution in [-0.2, 0) is 6.54 Å². The molecular weight excluding hydrogens is 194 g/mol. The van der Waals surface area contributed by atoms with Crippen LogP contribution in [0.2, 0.25) is 0 Å². The van der Waals surface area contributed by atoms with Gasteiger partial charge in [0.15, 0.2) is 0 Å². The molecule has 0 fully saturated rings. The highest BCUT2D eigenvalue weighted by Gasteiger charge is 1.92. The Kier molecular flexibility index (Phi) is 7.81. The summed E-state index contributed by atoms with van der Waals surface area (Å²) in [6.45, 7) is 2.40. The molecule has 3 heteroatoms. The molecule has 1 rings (SSSR count). The van der Waals surface area contributed by atoms with Gasteiger partial charge in [-0.05, 0) is 24.6 Å². The molecule has 0 radical (unpaired) electrons. The van der Waals surface area contributed by atoms with E-state index in [1.54, 1.807) is 14.0 Å². The summed E-state index contributed by atoms with van der Waals surface area (Å²) >= 11 is 3.90. The quantitative estimate of drug-likeness (QED) is 0.588. The first-order valence-corrected chi connectivity index (χ1v) is 4.60. The molecule has 0 spiro atoms. The van der Waals surface area contributed by atoms with Gasteiger partial charge in [-0.15, -0.1) is 12.3 Å². The largest absolute Gasteiger partial charge is 0.497 e. The Balaban J connectivity index is 0.000000500. The van der Waals surface area contributed by atoms with Crippen LogP contribution in [0.15, 0.2) is 24.3 Å². The number of hydrogen-bond donors (Lipinski definition) is 2. The molecule has 0 bridgehead atoms. The molecule has 0 aliphatic carbocycles. The van der Waals surface area contributed by atoms with Gasteiger partial charge in [0.1, 0.15) is 5.75 Å². The number of rotatable bonds is 3. The minimum Gasteiger partial charge on any atom is -0.497 e. The summed E-state index contributed by atoms with van der Waals surface area (Å²) in [7, 11) is 1.66. The lowest BCUT2D eigenvalue weighted by Gasteiger charge is -2.02. The van der Waals surface area contributed by atoms with E-state index < -0.39 is 0 Å². The standard InChI is InChI=1S/C8H11NOS.C3H4/c1-10-8-4-2-3-7(5-8)6-9-11;1-3-2/h2-5,9,11H,6H2,1H3;1H,2H3. The van der Waals surface area contributed by atoms with Gasteiger partial charge in [0.05, 0.1) is 7.11 Å². The van der Waals surface area contributed by atoms with Crippen molar-refractivity contribution in [3.8, 4) is 18.1 Å². The van der Waals surface area contributed by atoms with E-state index in [2.05, 4.69) is 29.9 Å². The average molecular weight is 209 g/mol. The first kappa shape index (κ1) is 12.9. The second-order valence-electron chi connectivity index (χ2n) is 2.48. The fourth-order valence-corrected chi connectivity index (χ4v) is 1.06. The molecule has 14 heavy (non-hydrogen) atoms. The molecule has 0 aliphatic heterocycles. The van der Waals surface area contributed by atoms with E-state index in [1.165, 1.54) is 5.56 Å². The lowest BCUT2D eigenvalue weighted by molar-refractivity contribution is 0.414. The van der Waals surface area contributed by atoms with Gasteiger partial charge in [0.25, 0.3) is 0 Å². The number of methoxy groups -OCH3 is 1. The molecule has 1 aromatic carbocycles. The van der Waals surface area contributed by atoms with Gasteiger partial charge in [-0.2, -0.15) is 0 Å². The third-order valence-corrected chi connectivity index (χ3v) is 1.58. The first-order valence-electron chi connectivity index (χ1n) is 4.15. The van der Waals surface area contributed by atoms with Gasteiger partial charge in [0, 0.05) is 6.54 Å². The highest BCUT2D eigenvalue weighted by atomic mass is 32.1. The molecule has 0 aromatic heterocycles. The Morgan fingerprint density at radius 3 is 2.71 bits per heavy atom. The number of hydrogen-bond acceptors (Lipinski definition) is 3. The van der Waals surface area contributed by atoms with Gasteiger partial charge in [-0.3, -0.25) is 4.72 Å². The number of benzene rings is 1. The van der Waals surface area contributed by atoms with Crippen molar-refractivity contribution in [3.63, 3.8) is 0 Å². The highest BCUT2D eigenvalue weighted by molar-refractivity contribution is 7.78. The van der Waals surface area contributed by atoms with Crippen molar-refractivity contribution in [2.75, 3.05) is 7.11 Å². The van der Waals surface area contributed by atoms with Crippen molar-refractivity contribution in [2.45, 2.75) is 13.5 Å². The maximum atomic E-state index is 5.05. The number of terminal acetylenes is 1. The number of nitrogens with one attached hydrogen (secondary N) is 1. The van der Waals surface area contributed by atoms with Crippen LogP contribution in [0.5, 0.6) is 5.75 Å². The summed E-state index contributed by atoms with van der Waals surface area (Å²) in [6.07, 6.45) is 4.60. The minimum absolute atomic E-state index is 0.750. The van der Waals surface area contributed by atoms with E-state index in [0.717, 1.165) is 12.3 Å². The van der Waals surface area contributed by atoms with E-state index in [9.17, 15) is 0 Å². The predicted octanol–water partition coefficient (Wildman–Crippen LogP) is 2.27. The van der Waals surface area contributed by atoms with Crippen LogP contribution in [0.4, 0.5) is 0 Å². The van der Waals surface area contributed by atoms with Gasteiger partial charge in [-0.25, -0.2) is 0 Å². The highest BCUT2D eigenvalue weighted by Crippen LogP contribution is 2.11. The predicted molar refractivity (Wildman–Crippen MR) is 63.3 cm³/mol. The second kappa shape index (κ2) is 8.49.